The number of halogens is 4. The Bertz CT molecular complexity index is 876. The smallest absolute Gasteiger partial charge is 0.336 e. The van der Waals surface area contributed by atoms with Crippen molar-refractivity contribution in [2.75, 3.05) is 38.0 Å². The van der Waals surface area contributed by atoms with Gasteiger partial charge in [-0.2, -0.15) is 13.2 Å². The van der Waals surface area contributed by atoms with Crippen molar-refractivity contribution in [3.63, 3.8) is 0 Å². The number of hydrogen-bond donors (Lipinski definition) is 1. The summed E-state index contributed by atoms with van der Waals surface area (Å²) in [4.78, 5) is 28.0. The largest absolute Gasteiger partial charge is 0.416 e. The molecule has 1 heterocycles. The Labute approximate surface area is 164 Å². The molecule has 1 N–H and O–H groups in total. The topological polar surface area (TPSA) is 52.7 Å². The third-order valence-electron chi connectivity index (χ3n) is 4.59. The maximum Gasteiger partial charge on any atom is 0.416 e. The zero-order valence-corrected chi connectivity index (χ0v) is 15.4. The number of amides is 2. The van der Waals surface area contributed by atoms with E-state index in [-0.39, 0.29) is 23.9 Å². The van der Waals surface area contributed by atoms with Crippen LogP contribution in [0.4, 0.5) is 23.2 Å². The van der Waals surface area contributed by atoms with E-state index in [4.69, 9.17) is 0 Å². The van der Waals surface area contributed by atoms with Gasteiger partial charge in [0.25, 0.3) is 5.91 Å². The molecule has 2 amide bonds. The summed E-state index contributed by atoms with van der Waals surface area (Å²) in [7, 11) is 0. The summed E-state index contributed by atoms with van der Waals surface area (Å²) in [6.07, 6.45) is -4.45. The molecule has 1 aliphatic rings. The van der Waals surface area contributed by atoms with Crippen molar-refractivity contribution in [2.45, 2.75) is 6.18 Å². The molecule has 0 radical (unpaired) electrons. The minimum Gasteiger partial charge on any atom is -0.336 e. The van der Waals surface area contributed by atoms with Crippen LogP contribution in [-0.2, 0) is 11.0 Å². The van der Waals surface area contributed by atoms with E-state index in [0.717, 1.165) is 12.1 Å². The van der Waals surface area contributed by atoms with E-state index in [1.54, 1.807) is 11.0 Å². The summed E-state index contributed by atoms with van der Waals surface area (Å²) < 4.78 is 51.0. The second-order valence-electron chi connectivity index (χ2n) is 6.70. The number of alkyl halides is 3. The normalized spacial score (nSPS) is 15.2. The zero-order valence-electron chi connectivity index (χ0n) is 15.4. The van der Waals surface area contributed by atoms with E-state index in [0.29, 0.717) is 31.9 Å². The molecule has 0 aromatic heterocycles. The first kappa shape index (κ1) is 20.8. The lowest BCUT2D eigenvalue weighted by molar-refractivity contribution is -0.137. The van der Waals surface area contributed by atoms with Gasteiger partial charge in [0.05, 0.1) is 12.1 Å². The molecule has 1 aliphatic heterocycles. The standard InChI is InChI=1S/C20H19F4N3O2/c21-16-2-1-3-17(12-16)25-18(28)13-26-8-10-27(11-9-26)19(29)14-4-6-15(7-5-14)20(22,23)24/h1-7,12H,8-11,13H2,(H,25,28). The minimum atomic E-state index is -4.45. The number of carbonyl (C=O) groups excluding carboxylic acids is 2. The van der Waals surface area contributed by atoms with Crippen molar-refractivity contribution in [3.05, 3.63) is 65.5 Å². The maximum atomic E-state index is 13.2. The Balaban J connectivity index is 1.49. The molecular formula is C20H19F4N3O2. The lowest BCUT2D eigenvalue weighted by Gasteiger charge is -2.34. The summed E-state index contributed by atoms with van der Waals surface area (Å²) >= 11 is 0. The highest BCUT2D eigenvalue weighted by Gasteiger charge is 2.30. The SMILES string of the molecule is O=C(CN1CCN(C(=O)c2ccc(C(F)(F)F)cc2)CC1)Nc1cccc(F)c1. The van der Waals surface area contributed by atoms with Crippen molar-refractivity contribution in [2.24, 2.45) is 0 Å². The lowest BCUT2D eigenvalue weighted by Crippen LogP contribution is -2.50. The van der Waals surface area contributed by atoms with Gasteiger partial charge in [0, 0.05) is 37.4 Å². The number of carbonyl (C=O) groups is 2. The summed E-state index contributed by atoms with van der Waals surface area (Å²) in [5, 5.41) is 2.61. The molecule has 154 valence electrons. The van der Waals surface area contributed by atoms with Crippen molar-refractivity contribution in [1.29, 1.82) is 0 Å². The second kappa shape index (κ2) is 8.60. The summed E-state index contributed by atoms with van der Waals surface area (Å²) in [6, 6.07) is 9.70. The van der Waals surface area contributed by atoms with Crippen molar-refractivity contribution in [1.82, 2.24) is 9.80 Å². The van der Waals surface area contributed by atoms with Gasteiger partial charge in [0.1, 0.15) is 5.82 Å². The van der Waals surface area contributed by atoms with E-state index in [9.17, 15) is 27.2 Å². The van der Waals surface area contributed by atoms with E-state index in [1.807, 2.05) is 4.90 Å². The van der Waals surface area contributed by atoms with Crippen LogP contribution in [0.3, 0.4) is 0 Å². The Hall–Kier alpha value is -2.94. The van der Waals surface area contributed by atoms with E-state index < -0.39 is 17.6 Å². The highest BCUT2D eigenvalue weighted by Crippen LogP contribution is 2.29. The van der Waals surface area contributed by atoms with Gasteiger partial charge in [-0.3, -0.25) is 14.5 Å². The van der Waals surface area contributed by atoms with Gasteiger partial charge in [0.15, 0.2) is 0 Å². The third-order valence-corrected chi connectivity index (χ3v) is 4.59. The van der Waals surface area contributed by atoms with Gasteiger partial charge >= 0.3 is 6.18 Å². The Kier molecular flexibility index (Phi) is 6.17. The molecule has 0 spiro atoms. The predicted molar refractivity (Wildman–Crippen MR) is 98.8 cm³/mol. The van der Waals surface area contributed by atoms with Crippen molar-refractivity contribution in [3.8, 4) is 0 Å². The van der Waals surface area contributed by atoms with Crippen LogP contribution in [0.5, 0.6) is 0 Å². The monoisotopic (exact) mass is 409 g/mol. The Morgan fingerprint density at radius 2 is 1.62 bits per heavy atom. The van der Waals surface area contributed by atoms with Crippen LogP contribution in [0, 0.1) is 5.82 Å². The van der Waals surface area contributed by atoms with Crippen LogP contribution in [0.1, 0.15) is 15.9 Å². The molecule has 5 nitrogen and oxygen atoms in total. The summed E-state index contributed by atoms with van der Waals surface area (Å²) in [5.41, 5.74) is -0.246. The van der Waals surface area contributed by atoms with Crippen LogP contribution in [0.2, 0.25) is 0 Å². The minimum absolute atomic E-state index is 0.0961. The molecule has 9 heteroatoms. The lowest BCUT2D eigenvalue weighted by atomic mass is 10.1. The first-order valence-electron chi connectivity index (χ1n) is 8.97. The van der Waals surface area contributed by atoms with Gasteiger partial charge in [-0.15, -0.1) is 0 Å². The molecule has 1 fully saturated rings. The number of nitrogens with one attached hydrogen (secondary N) is 1. The molecule has 0 unspecified atom stereocenters. The van der Waals surface area contributed by atoms with Crippen LogP contribution >= 0.6 is 0 Å². The number of benzene rings is 2. The number of rotatable bonds is 4. The molecule has 0 bridgehead atoms. The summed E-state index contributed by atoms with van der Waals surface area (Å²) in [6.45, 7) is 1.70. The fourth-order valence-corrected chi connectivity index (χ4v) is 3.06. The van der Waals surface area contributed by atoms with Gasteiger partial charge in [-0.05, 0) is 42.5 Å². The fraction of sp³-hybridized carbons (Fsp3) is 0.300. The average molecular weight is 409 g/mol. The second-order valence-corrected chi connectivity index (χ2v) is 6.70. The molecule has 3 rings (SSSR count). The number of piperazine rings is 1. The van der Waals surface area contributed by atoms with Gasteiger partial charge in [0.2, 0.25) is 5.91 Å². The molecule has 2 aromatic rings. The fourth-order valence-electron chi connectivity index (χ4n) is 3.06. The quantitative estimate of drug-likeness (QED) is 0.789. The maximum absolute atomic E-state index is 13.2. The van der Waals surface area contributed by atoms with Crippen LogP contribution < -0.4 is 5.32 Å². The molecule has 0 aliphatic carbocycles. The molecule has 0 saturated carbocycles. The van der Waals surface area contributed by atoms with Crippen LogP contribution in [0.15, 0.2) is 48.5 Å². The Morgan fingerprint density at radius 1 is 0.966 bits per heavy atom. The molecule has 0 atom stereocenters. The zero-order chi connectivity index (χ0) is 21.0. The van der Waals surface area contributed by atoms with Gasteiger partial charge in [-0.25, -0.2) is 4.39 Å². The number of hydrogen-bond acceptors (Lipinski definition) is 3. The highest BCUT2D eigenvalue weighted by atomic mass is 19.4. The number of nitrogens with zero attached hydrogens (tertiary/aromatic N) is 2. The molecule has 2 aromatic carbocycles. The highest BCUT2D eigenvalue weighted by molar-refractivity contribution is 5.94. The summed E-state index contributed by atoms with van der Waals surface area (Å²) in [5.74, 6) is -1.08. The van der Waals surface area contributed by atoms with Crippen LogP contribution in [0.25, 0.3) is 0 Å². The van der Waals surface area contributed by atoms with Crippen molar-refractivity contribution >= 4 is 17.5 Å². The first-order valence-corrected chi connectivity index (χ1v) is 8.97. The van der Waals surface area contributed by atoms with E-state index in [1.165, 1.54) is 30.3 Å². The van der Waals surface area contributed by atoms with Gasteiger partial charge < -0.3 is 10.2 Å². The molecular weight excluding hydrogens is 390 g/mol. The number of anilines is 1. The molecule has 1 saturated heterocycles. The third kappa shape index (κ3) is 5.54. The predicted octanol–water partition coefficient (Wildman–Crippen LogP) is 3.24. The van der Waals surface area contributed by atoms with Crippen LogP contribution in [-0.4, -0.2) is 54.3 Å². The Morgan fingerprint density at radius 3 is 2.21 bits per heavy atom. The van der Waals surface area contributed by atoms with E-state index >= 15 is 0 Å². The van der Waals surface area contributed by atoms with Crippen molar-refractivity contribution < 1.29 is 27.2 Å². The molecule has 29 heavy (non-hydrogen) atoms. The first-order chi connectivity index (χ1) is 13.7. The van der Waals surface area contributed by atoms with Gasteiger partial charge in [-0.1, -0.05) is 6.07 Å². The van der Waals surface area contributed by atoms with E-state index in [2.05, 4.69) is 5.32 Å². The average Bonchev–Trinajstić information content (AvgIpc) is 2.67.